The standard InChI is InChI=1S/C19H36N6.HI/c1-5-20-19(21-12-17-13-23-24(4)15-17)22-14-18(16(2)3)25-10-8-6-7-9-11-25;/h13,15-16,18H,5-12,14H2,1-4H3,(H2,20,21,22);1H. The number of nitrogens with one attached hydrogen (secondary N) is 2. The average Bonchev–Trinajstić information content (AvgIpc) is 2.83. The molecule has 0 radical (unpaired) electrons. The number of rotatable bonds is 7. The summed E-state index contributed by atoms with van der Waals surface area (Å²) in [5, 5.41) is 11.1. The highest BCUT2D eigenvalue weighted by molar-refractivity contribution is 14.0. The minimum Gasteiger partial charge on any atom is -0.357 e. The molecule has 0 amide bonds. The predicted molar refractivity (Wildman–Crippen MR) is 120 cm³/mol. The van der Waals surface area contributed by atoms with E-state index in [1.165, 1.54) is 38.8 Å². The van der Waals surface area contributed by atoms with E-state index in [-0.39, 0.29) is 24.0 Å². The molecular weight excluding hydrogens is 439 g/mol. The molecule has 0 saturated carbocycles. The molecule has 6 nitrogen and oxygen atoms in total. The first-order valence-electron chi connectivity index (χ1n) is 9.84. The Labute approximate surface area is 176 Å². The third kappa shape index (κ3) is 7.82. The van der Waals surface area contributed by atoms with Crippen LogP contribution in [0.15, 0.2) is 17.4 Å². The summed E-state index contributed by atoms with van der Waals surface area (Å²) in [4.78, 5) is 7.39. The van der Waals surface area contributed by atoms with Gasteiger partial charge in [0.25, 0.3) is 0 Å². The van der Waals surface area contributed by atoms with Crippen LogP contribution in [0, 0.1) is 5.92 Å². The number of aliphatic imine (C=N–C) groups is 1. The summed E-state index contributed by atoms with van der Waals surface area (Å²) in [5.41, 5.74) is 1.13. The molecule has 2 N–H and O–H groups in total. The Kier molecular flexibility index (Phi) is 11.2. The highest BCUT2D eigenvalue weighted by Gasteiger charge is 2.22. The van der Waals surface area contributed by atoms with Crippen LogP contribution in [0.1, 0.15) is 52.0 Å². The first-order chi connectivity index (χ1) is 12.1. The molecule has 0 bridgehead atoms. The monoisotopic (exact) mass is 476 g/mol. The second kappa shape index (κ2) is 12.5. The molecule has 1 aliphatic heterocycles. The third-order valence-corrected chi connectivity index (χ3v) is 4.88. The molecule has 0 aliphatic carbocycles. The van der Waals surface area contributed by atoms with E-state index in [4.69, 9.17) is 4.99 Å². The van der Waals surface area contributed by atoms with E-state index in [1.807, 2.05) is 24.1 Å². The Balaban J connectivity index is 0.00000338. The van der Waals surface area contributed by atoms with Gasteiger partial charge in [-0.25, -0.2) is 4.99 Å². The second-order valence-corrected chi connectivity index (χ2v) is 7.36. The molecule has 1 unspecified atom stereocenters. The van der Waals surface area contributed by atoms with Crippen molar-refractivity contribution in [3.8, 4) is 0 Å². The number of hydrogen-bond acceptors (Lipinski definition) is 3. The van der Waals surface area contributed by atoms with E-state index in [2.05, 4.69) is 41.4 Å². The Bertz CT molecular complexity index is 520. The number of likely N-dealkylation sites (tertiary alicyclic amines) is 1. The summed E-state index contributed by atoms with van der Waals surface area (Å²) in [6.45, 7) is 11.7. The number of halogens is 1. The van der Waals surface area contributed by atoms with Crippen LogP contribution in [0.3, 0.4) is 0 Å². The van der Waals surface area contributed by atoms with Gasteiger partial charge in [-0.15, -0.1) is 24.0 Å². The van der Waals surface area contributed by atoms with Gasteiger partial charge in [-0.3, -0.25) is 9.58 Å². The van der Waals surface area contributed by atoms with Crippen molar-refractivity contribution in [1.29, 1.82) is 0 Å². The number of hydrogen-bond donors (Lipinski definition) is 2. The zero-order valence-electron chi connectivity index (χ0n) is 16.9. The van der Waals surface area contributed by atoms with Gasteiger partial charge < -0.3 is 10.6 Å². The minimum atomic E-state index is 0. The molecule has 1 saturated heterocycles. The lowest BCUT2D eigenvalue weighted by Crippen LogP contribution is -2.49. The maximum Gasteiger partial charge on any atom is 0.191 e. The van der Waals surface area contributed by atoms with Gasteiger partial charge in [-0.05, 0) is 38.8 Å². The lowest BCUT2D eigenvalue weighted by Gasteiger charge is -2.34. The summed E-state index contributed by atoms with van der Waals surface area (Å²) < 4.78 is 1.82. The van der Waals surface area contributed by atoms with Crippen molar-refractivity contribution in [3.63, 3.8) is 0 Å². The van der Waals surface area contributed by atoms with Gasteiger partial charge in [0.15, 0.2) is 5.96 Å². The Morgan fingerprint density at radius 2 is 1.88 bits per heavy atom. The second-order valence-electron chi connectivity index (χ2n) is 7.36. The molecule has 2 heterocycles. The van der Waals surface area contributed by atoms with Crippen LogP contribution < -0.4 is 10.6 Å². The highest BCUT2D eigenvalue weighted by atomic mass is 127. The highest BCUT2D eigenvalue weighted by Crippen LogP contribution is 2.17. The molecule has 150 valence electrons. The van der Waals surface area contributed by atoms with Gasteiger partial charge in [0.1, 0.15) is 0 Å². The van der Waals surface area contributed by atoms with E-state index in [1.54, 1.807) is 0 Å². The summed E-state index contributed by atoms with van der Waals surface area (Å²) in [6.07, 6.45) is 9.31. The van der Waals surface area contributed by atoms with Gasteiger partial charge in [0, 0.05) is 37.9 Å². The molecule has 1 aliphatic rings. The Morgan fingerprint density at radius 3 is 2.42 bits per heavy atom. The summed E-state index contributed by atoms with van der Waals surface area (Å²) >= 11 is 0. The van der Waals surface area contributed by atoms with Crippen molar-refractivity contribution in [2.45, 2.75) is 59.0 Å². The van der Waals surface area contributed by atoms with Crippen LogP contribution in [0.5, 0.6) is 0 Å². The summed E-state index contributed by atoms with van der Waals surface area (Å²) in [6, 6.07) is 0.556. The van der Waals surface area contributed by atoms with E-state index in [9.17, 15) is 0 Å². The topological polar surface area (TPSA) is 57.5 Å². The summed E-state index contributed by atoms with van der Waals surface area (Å²) in [5.74, 6) is 1.53. The number of aryl methyl sites for hydroxylation is 1. The van der Waals surface area contributed by atoms with Gasteiger partial charge in [-0.2, -0.15) is 5.10 Å². The molecular formula is C19H37IN6. The first-order valence-corrected chi connectivity index (χ1v) is 9.84. The van der Waals surface area contributed by atoms with Crippen molar-refractivity contribution < 1.29 is 0 Å². The molecule has 2 rings (SSSR count). The Hall–Kier alpha value is -0.830. The number of nitrogens with zero attached hydrogens (tertiary/aromatic N) is 4. The maximum atomic E-state index is 4.71. The molecule has 26 heavy (non-hydrogen) atoms. The van der Waals surface area contributed by atoms with Gasteiger partial charge in [0.2, 0.25) is 0 Å². The molecule has 7 heteroatoms. The first kappa shape index (κ1) is 23.2. The van der Waals surface area contributed by atoms with E-state index in [0.717, 1.165) is 24.6 Å². The fourth-order valence-electron chi connectivity index (χ4n) is 3.48. The normalized spacial score (nSPS) is 17.5. The van der Waals surface area contributed by atoms with Crippen molar-refractivity contribution in [2.24, 2.45) is 18.0 Å². The molecule has 1 fully saturated rings. The van der Waals surface area contributed by atoms with Crippen LogP contribution in [0.4, 0.5) is 0 Å². The number of guanidine groups is 1. The SMILES string of the molecule is CCNC(=NCc1cnn(C)c1)NCC(C(C)C)N1CCCCCC1.I. The lowest BCUT2D eigenvalue weighted by molar-refractivity contribution is 0.161. The van der Waals surface area contributed by atoms with Gasteiger partial charge in [0.05, 0.1) is 12.7 Å². The van der Waals surface area contributed by atoms with Crippen LogP contribution in [0.2, 0.25) is 0 Å². The van der Waals surface area contributed by atoms with E-state index < -0.39 is 0 Å². The fourth-order valence-corrected chi connectivity index (χ4v) is 3.48. The van der Waals surface area contributed by atoms with Crippen molar-refractivity contribution in [2.75, 3.05) is 26.2 Å². The smallest absolute Gasteiger partial charge is 0.191 e. The van der Waals surface area contributed by atoms with Crippen LogP contribution >= 0.6 is 24.0 Å². The molecule has 0 spiro atoms. The van der Waals surface area contributed by atoms with Crippen LogP contribution in [-0.2, 0) is 13.6 Å². The van der Waals surface area contributed by atoms with Crippen molar-refractivity contribution in [1.82, 2.24) is 25.3 Å². The van der Waals surface area contributed by atoms with Crippen molar-refractivity contribution >= 4 is 29.9 Å². The largest absolute Gasteiger partial charge is 0.357 e. The predicted octanol–water partition coefficient (Wildman–Crippen LogP) is 2.99. The zero-order valence-corrected chi connectivity index (χ0v) is 19.2. The van der Waals surface area contributed by atoms with Crippen LogP contribution in [0.25, 0.3) is 0 Å². The summed E-state index contributed by atoms with van der Waals surface area (Å²) in [7, 11) is 1.94. The Morgan fingerprint density at radius 1 is 1.19 bits per heavy atom. The van der Waals surface area contributed by atoms with Crippen LogP contribution in [-0.4, -0.2) is 52.9 Å². The molecule has 1 aromatic heterocycles. The van der Waals surface area contributed by atoms with Gasteiger partial charge in [-0.1, -0.05) is 26.7 Å². The lowest BCUT2D eigenvalue weighted by atomic mass is 10.0. The van der Waals surface area contributed by atoms with E-state index in [0.29, 0.717) is 18.5 Å². The molecule has 1 aromatic rings. The number of aromatic nitrogens is 2. The maximum absolute atomic E-state index is 4.71. The third-order valence-electron chi connectivity index (χ3n) is 4.88. The van der Waals surface area contributed by atoms with Gasteiger partial charge >= 0.3 is 0 Å². The minimum absolute atomic E-state index is 0. The quantitative estimate of drug-likeness (QED) is 0.361. The average molecular weight is 476 g/mol. The molecule has 1 atom stereocenters. The molecule has 0 aromatic carbocycles. The van der Waals surface area contributed by atoms with Crippen molar-refractivity contribution in [3.05, 3.63) is 18.0 Å². The fraction of sp³-hybridized carbons (Fsp3) is 0.789. The van der Waals surface area contributed by atoms with E-state index >= 15 is 0 Å². The zero-order chi connectivity index (χ0) is 18.1.